The second-order valence-electron chi connectivity index (χ2n) is 3.78. The van der Waals surface area contributed by atoms with E-state index in [-0.39, 0.29) is 11.0 Å². The van der Waals surface area contributed by atoms with Crippen molar-refractivity contribution in [1.82, 2.24) is 14.1 Å². The molecule has 0 unspecified atom stereocenters. The highest BCUT2D eigenvalue weighted by Crippen LogP contribution is 2.08. The molecule has 0 aliphatic rings. The van der Waals surface area contributed by atoms with Gasteiger partial charge in [0.15, 0.2) is 0 Å². The summed E-state index contributed by atoms with van der Waals surface area (Å²) in [6.45, 7) is 0. The first-order valence-corrected chi connectivity index (χ1v) is 4.91. The summed E-state index contributed by atoms with van der Waals surface area (Å²) in [5.74, 6) is -1.40. The molecule has 2 aromatic heterocycles. The van der Waals surface area contributed by atoms with Gasteiger partial charge >= 0.3 is 11.7 Å². The maximum atomic E-state index is 11.9. The van der Waals surface area contributed by atoms with E-state index < -0.39 is 28.3 Å². The summed E-state index contributed by atoms with van der Waals surface area (Å²) in [5.41, 5.74) is -2.63. The molecule has 0 spiro atoms. The Bertz CT molecular complexity index is 839. The third kappa shape index (κ3) is 1.46. The Morgan fingerprint density at radius 1 is 1.22 bits per heavy atom. The molecule has 0 aromatic carbocycles. The third-order valence-corrected chi connectivity index (χ3v) is 2.68. The molecule has 94 valence electrons. The summed E-state index contributed by atoms with van der Waals surface area (Å²) in [4.78, 5) is 48.2. The number of fused-ring (bicyclic) bond motifs is 1. The molecule has 2 rings (SSSR count). The maximum Gasteiger partial charge on any atom is 0.336 e. The molecule has 0 amide bonds. The molecule has 2 N–H and O–H groups in total. The van der Waals surface area contributed by atoms with Crippen LogP contribution in [0.2, 0.25) is 0 Å². The highest BCUT2D eigenvalue weighted by Gasteiger charge is 2.17. The number of aryl methyl sites for hydroxylation is 1. The lowest BCUT2D eigenvalue weighted by Crippen LogP contribution is -2.38. The molecule has 0 saturated carbocycles. The highest BCUT2D eigenvalue weighted by molar-refractivity contribution is 6.00. The van der Waals surface area contributed by atoms with E-state index in [0.29, 0.717) is 0 Å². The highest BCUT2D eigenvalue weighted by atomic mass is 16.4. The van der Waals surface area contributed by atoms with Crippen LogP contribution in [0.1, 0.15) is 10.4 Å². The van der Waals surface area contributed by atoms with Gasteiger partial charge in [-0.3, -0.25) is 18.7 Å². The summed E-state index contributed by atoms with van der Waals surface area (Å²) >= 11 is 0. The second-order valence-corrected chi connectivity index (χ2v) is 3.78. The Morgan fingerprint density at radius 2 is 1.83 bits per heavy atom. The summed E-state index contributed by atoms with van der Waals surface area (Å²) in [7, 11) is 2.58. The number of carboxylic acid groups (broad SMARTS) is 1. The van der Waals surface area contributed by atoms with Crippen LogP contribution in [0.15, 0.2) is 20.4 Å². The van der Waals surface area contributed by atoms with Crippen molar-refractivity contribution < 1.29 is 9.90 Å². The van der Waals surface area contributed by atoms with Crippen molar-refractivity contribution >= 4 is 17.0 Å². The van der Waals surface area contributed by atoms with Crippen molar-refractivity contribution in [2.45, 2.75) is 0 Å². The Hall–Kier alpha value is -2.64. The summed E-state index contributed by atoms with van der Waals surface area (Å²) in [6.07, 6.45) is 0. The van der Waals surface area contributed by atoms with E-state index in [0.717, 1.165) is 15.2 Å². The maximum absolute atomic E-state index is 11.9. The van der Waals surface area contributed by atoms with Gasteiger partial charge in [0.2, 0.25) is 5.56 Å². The molecular weight excluding hydrogens is 242 g/mol. The van der Waals surface area contributed by atoms with Crippen LogP contribution in [0, 0.1) is 0 Å². The Balaban J connectivity index is 3.27. The first kappa shape index (κ1) is 11.8. The van der Waals surface area contributed by atoms with Crippen molar-refractivity contribution in [3.63, 3.8) is 0 Å². The standard InChI is InChI=1S/C10H9N3O5/c1-12-7-6(8(15)13(2)10(12)18)4(9(16)17)3-5(14)11-7/h3H,1-2H3,(H,11,14)(H,16,17). The van der Waals surface area contributed by atoms with Crippen LogP contribution in [0.5, 0.6) is 0 Å². The zero-order chi connectivity index (χ0) is 13.6. The largest absolute Gasteiger partial charge is 0.478 e. The van der Waals surface area contributed by atoms with Crippen molar-refractivity contribution in [3.8, 4) is 0 Å². The average Bonchev–Trinajstić information content (AvgIpc) is 2.32. The number of nitrogens with one attached hydrogen (secondary N) is 1. The Kier molecular flexibility index (Phi) is 2.43. The van der Waals surface area contributed by atoms with Gasteiger partial charge in [-0.2, -0.15) is 0 Å². The van der Waals surface area contributed by atoms with Crippen LogP contribution < -0.4 is 16.8 Å². The minimum absolute atomic E-state index is 0.104. The molecule has 2 aromatic rings. The Morgan fingerprint density at radius 3 is 2.39 bits per heavy atom. The number of hydrogen-bond acceptors (Lipinski definition) is 4. The predicted molar refractivity (Wildman–Crippen MR) is 62.0 cm³/mol. The lowest BCUT2D eigenvalue weighted by atomic mass is 10.2. The van der Waals surface area contributed by atoms with E-state index >= 15 is 0 Å². The lowest BCUT2D eigenvalue weighted by molar-refractivity contribution is 0.0698. The van der Waals surface area contributed by atoms with E-state index in [1.165, 1.54) is 14.1 Å². The molecule has 18 heavy (non-hydrogen) atoms. The number of pyridine rings is 1. The fraction of sp³-hybridized carbons (Fsp3) is 0.200. The molecule has 0 saturated heterocycles. The van der Waals surface area contributed by atoms with Gasteiger partial charge in [-0.1, -0.05) is 0 Å². The van der Waals surface area contributed by atoms with Gasteiger partial charge in [0, 0.05) is 20.2 Å². The number of hydrogen-bond donors (Lipinski definition) is 2. The van der Waals surface area contributed by atoms with Crippen LogP contribution in [-0.4, -0.2) is 25.2 Å². The van der Waals surface area contributed by atoms with Gasteiger partial charge in [-0.25, -0.2) is 9.59 Å². The minimum atomic E-state index is -1.40. The summed E-state index contributed by atoms with van der Waals surface area (Å²) in [5, 5.41) is 8.79. The SMILES string of the molecule is Cn1c(=O)c2c(C(=O)O)cc(=O)[nH]c2n(C)c1=O. The molecule has 8 heteroatoms. The predicted octanol–water partition coefficient (Wildman–Crippen LogP) is -1.38. The van der Waals surface area contributed by atoms with Crippen molar-refractivity contribution in [3.05, 3.63) is 42.8 Å². The first-order chi connectivity index (χ1) is 8.34. The molecule has 0 bridgehead atoms. The van der Waals surface area contributed by atoms with Crippen LogP contribution in [0.4, 0.5) is 0 Å². The van der Waals surface area contributed by atoms with Gasteiger partial charge < -0.3 is 10.1 Å². The Labute approximate surface area is 98.7 Å². The normalized spacial score (nSPS) is 10.8. The first-order valence-electron chi connectivity index (χ1n) is 4.91. The zero-order valence-electron chi connectivity index (χ0n) is 9.55. The zero-order valence-corrected chi connectivity index (χ0v) is 9.55. The van der Waals surface area contributed by atoms with E-state index in [1.807, 2.05) is 0 Å². The lowest BCUT2D eigenvalue weighted by Gasteiger charge is -2.08. The monoisotopic (exact) mass is 251 g/mol. The molecule has 0 fully saturated rings. The topological polar surface area (TPSA) is 114 Å². The minimum Gasteiger partial charge on any atom is -0.478 e. The van der Waals surface area contributed by atoms with Crippen LogP contribution in [0.3, 0.4) is 0 Å². The number of carboxylic acids is 1. The van der Waals surface area contributed by atoms with Gasteiger partial charge in [0.1, 0.15) is 5.65 Å². The number of nitrogens with zero attached hydrogens (tertiary/aromatic N) is 2. The molecule has 8 nitrogen and oxygen atoms in total. The number of carbonyl (C=O) groups is 1. The number of aromatic carboxylic acids is 1. The van der Waals surface area contributed by atoms with E-state index in [1.54, 1.807) is 0 Å². The van der Waals surface area contributed by atoms with Gasteiger partial charge in [-0.05, 0) is 0 Å². The number of rotatable bonds is 1. The van der Waals surface area contributed by atoms with E-state index in [9.17, 15) is 19.2 Å². The summed E-state index contributed by atoms with van der Waals surface area (Å²) < 4.78 is 1.80. The van der Waals surface area contributed by atoms with Crippen LogP contribution >= 0.6 is 0 Å². The van der Waals surface area contributed by atoms with Gasteiger partial charge in [-0.15, -0.1) is 0 Å². The molecule has 0 aliphatic heterocycles. The second kappa shape index (κ2) is 3.69. The molecule has 2 heterocycles. The van der Waals surface area contributed by atoms with Crippen molar-refractivity contribution in [2.24, 2.45) is 14.1 Å². The molecular formula is C10H9N3O5. The van der Waals surface area contributed by atoms with Crippen LogP contribution in [-0.2, 0) is 14.1 Å². The molecule has 0 atom stereocenters. The van der Waals surface area contributed by atoms with Crippen LogP contribution in [0.25, 0.3) is 11.0 Å². The fourth-order valence-electron chi connectivity index (χ4n) is 1.76. The fourth-order valence-corrected chi connectivity index (χ4v) is 1.76. The van der Waals surface area contributed by atoms with E-state index in [4.69, 9.17) is 5.11 Å². The van der Waals surface area contributed by atoms with Gasteiger partial charge in [0.05, 0.1) is 10.9 Å². The van der Waals surface area contributed by atoms with Gasteiger partial charge in [0.25, 0.3) is 5.56 Å². The van der Waals surface area contributed by atoms with Crippen molar-refractivity contribution in [2.75, 3.05) is 0 Å². The third-order valence-electron chi connectivity index (χ3n) is 2.68. The molecule has 0 aliphatic carbocycles. The number of aromatic amines is 1. The average molecular weight is 251 g/mol. The van der Waals surface area contributed by atoms with Crippen molar-refractivity contribution in [1.29, 1.82) is 0 Å². The summed E-state index contributed by atoms with van der Waals surface area (Å²) in [6, 6.07) is 0.816. The molecule has 0 radical (unpaired) electrons. The smallest absolute Gasteiger partial charge is 0.336 e. The van der Waals surface area contributed by atoms with E-state index in [2.05, 4.69) is 4.98 Å². The number of H-pyrrole nitrogens is 1. The number of aromatic nitrogens is 3. The quantitative estimate of drug-likeness (QED) is 0.648.